The number of nitrogens with two attached hydrogens (primary N) is 1. The predicted molar refractivity (Wildman–Crippen MR) is 65.7 cm³/mol. The van der Waals surface area contributed by atoms with Crippen LogP contribution in [0.4, 0.5) is 4.79 Å². The number of methoxy groups -OCH3 is 1. The maximum atomic E-state index is 10.7. The third-order valence-corrected chi connectivity index (χ3v) is 2.98. The average molecular weight is 240 g/mol. The van der Waals surface area contributed by atoms with Crippen molar-refractivity contribution in [1.29, 1.82) is 0 Å². The summed E-state index contributed by atoms with van der Waals surface area (Å²) in [7, 11) is 1.61. The number of primary amides is 1. The maximum Gasteiger partial charge on any atom is 0.322 e. The van der Waals surface area contributed by atoms with Gasteiger partial charge in [-0.25, -0.2) is 4.79 Å². The van der Waals surface area contributed by atoms with Gasteiger partial charge in [-0.15, -0.1) is 0 Å². The van der Waals surface area contributed by atoms with E-state index < -0.39 is 6.03 Å². The van der Waals surface area contributed by atoms with Crippen LogP contribution in [0.3, 0.4) is 0 Å². The summed E-state index contributed by atoms with van der Waals surface area (Å²) in [4.78, 5) is 11.6. The van der Waals surface area contributed by atoms with Gasteiger partial charge in [-0.3, -0.25) is 4.72 Å². The minimum Gasteiger partial charge on any atom is -0.497 e. The van der Waals surface area contributed by atoms with Crippen molar-refractivity contribution in [3.05, 3.63) is 23.8 Å². The SMILES string of the molecule is COc1ccc(C(C)C)c(SNC(N)=O)c1. The Balaban J connectivity index is 2.95. The van der Waals surface area contributed by atoms with E-state index in [2.05, 4.69) is 18.6 Å². The number of benzene rings is 1. The van der Waals surface area contributed by atoms with E-state index in [1.165, 1.54) is 11.9 Å². The second-order valence-electron chi connectivity index (χ2n) is 3.63. The Morgan fingerprint density at radius 3 is 2.69 bits per heavy atom. The van der Waals surface area contributed by atoms with E-state index in [1.807, 2.05) is 18.2 Å². The summed E-state index contributed by atoms with van der Waals surface area (Å²) in [5.41, 5.74) is 6.19. The lowest BCUT2D eigenvalue weighted by atomic mass is 10.0. The predicted octanol–water partition coefficient (Wildman–Crippen LogP) is 2.49. The fourth-order valence-corrected chi connectivity index (χ4v) is 2.12. The molecule has 0 aliphatic rings. The second kappa shape index (κ2) is 5.65. The first-order valence-corrected chi connectivity index (χ1v) is 5.76. The highest BCUT2D eigenvalue weighted by molar-refractivity contribution is 7.98. The fraction of sp³-hybridized carbons (Fsp3) is 0.364. The van der Waals surface area contributed by atoms with Crippen LogP contribution in [0.2, 0.25) is 0 Å². The maximum absolute atomic E-state index is 10.7. The molecule has 1 rings (SSSR count). The van der Waals surface area contributed by atoms with Gasteiger partial charge in [0.25, 0.3) is 0 Å². The van der Waals surface area contributed by atoms with Crippen molar-refractivity contribution >= 4 is 18.0 Å². The van der Waals surface area contributed by atoms with Crippen LogP contribution in [0.25, 0.3) is 0 Å². The van der Waals surface area contributed by atoms with E-state index in [0.717, 1.165) is 16.2 Å². The molecule has 88 valence electrons. The van der Waals surface area contributed by atoms with E-state index in [-0.39, 0.29) is 0 Å². The number of carbonyl (C=O) groups excluding carboxylic acids is 1. The van der Waals surface area contributed by atoms with Crippen molar-refractivity contribution in [3.63, 3.8) is 0 Å². The number of ether oxygens (including phenoxy) is 1. The Kier molecular flexibility index (Phi) is 4.49. The van der Waals surface area contributed by atoms with Gasteiger partial charge in [-0.05, 0) is 35.6 Å². The lowest BCUT2D eigenvalue weighted by molar-refractivity contribution is 0.254. The highest BCUT2D eigenvalue weighted by Gasteiger charge is 2.09. The van der Waals surface area contributed by atoms with Crippen LogP contribution in [-0.4, -0.2) is 13.1 Å². The highest BCUT2D eigenvalue weighted by atomic mass is 32.2. The van der Waals surface area contributed by atoms with Gasteiger partial charge in [-0.2, -0.15) is 0 Å². The van der Waals surface area contributed by atoms with Crippen LogP contribution in [0.5, 0.6) is 5.75 Å². The lowest BCUT2D eigenvalue weighted by Gasteiger charge is -2.13. The molecule has 1 aromatic rings. The molecule has 0 fully saturated rings. The monoisotopic (exact) mass is 240 g/mol. The molecule has 1 aromatic carbocycles. The number of nitrogens with one attached hydrogen (secondary N) is 1. The number of carbonyl (C=O) groups is 1. The second-order valence-corrected chi connectivity index (χ2v) is 4.47. The number of hydrogen-bond acceptors (Lipinski definition) is 3. The summed E-state index contributed by atoms with van der Waals surface area (Å²) in [6.45, 7) is 4.19. The van der Waals surface area contributed by atoms with Gasteiger partial charge in [0.1, 0.15) is 5.75 Å². The van der Waals surface area contributed by atoms with Crippen molar-refractivity contribution in [2.24, 2.45) is 5.73 Å². The molecular weight excluding hydrogens is 224 g/mol. The molecule has 0 aliphatic carbocycles. The van der Waals surface area contributed by atoms with Gasteiger partial charge >= 0.3 is 6.03 Å². The molecule has 0 atom stereocenters. The van der Waals surface area contributed by atoms with Gasteiger partial charge in [0.05, 0.1) is 7.11 Å². The first-order valence-electron chi connectivity index (χ1n) is 4.94. The fourth-order valence-electron chi connectivity index (χ4n) is 1.31. The third kappa shape index (κ3) is 3.34. The zero-order valence-electron chi connectivity index (χ0n) is 9.61. The van der Waals surface area contributed by atoms with E-state index in [9.17, 15) is 4.79 Å². The number of amides is 2. The zero-order chi connectivity index (χ0) is 12.1. The minimum absolute atomic E-state index is 0.378. The van der Waals surface area contributed by atoms with Crippen LogP contribution in [-0.2, 0) is 0 Å². The van der Waals surface area contributed by atoms with E-state index in [0.29, 0.717) is 5.92 Å². The highest BCUT2D eigenvalue weighted by Crippen LogP contribution is 2.30. The minimum atomic E-state index is -0.553. The molecule has 0 heterocycles. The molecule has 0 saturated carbocycles. The quantitative estimate of drug-likeness (QED) is 0.795. The van der Waals surface area contributed by atoms with Crippen molar-refractivity contribution in [1.82, 2.24) is 4.72 Å². The molecule has 0 aromatic heterocycles. The van der Waals surface area contributed by atoms with Crippen LogP contribution >= 0.6 is 11.9 Å². The first kappa shape index (κ1) is 12.7. The molecule has 2 amide bonds. The van der Waals surface area contributed by atoms with E-state index >= 15 is 0 Å². The van der Waals surface area contributed by atoms with Crippen LogP contribution < -0.4 is 15.2 Å². The van der Waals surface area contributed by atoms with Crippen LogP contribution in [0, 0.1) is 0 Å². The van der Waals surface area contributed by atoms with Gasteiger partial charge in [0.15, 0.2) is 0 Å². The van der Waals surface area contributed by atoms with Crippen molar-refractivity contribution in [2.45, 2.75) is 24.7 Å². The largest absolute Gasteiger partial charge is 0.497 e. The van der Waals surface area contributed by atoms with Gasteiger partial charge in [-0.1, -0.05) is 19.9 Å². The molecule has 0 radical (unpaired) electrons. The molecular formula is C11H16N2O2S. The summed E-state index contributed by atoms with van der Waals surface area (Å²) in [5, 5.41) is 0. The van der Waals surface area contributed by atoms with Gasteiger partial charge in [0, 0.05) is 4.90 Å². The number of urea groups is 1. The van der Waals surface area contributed by atoms with Crippen LogP contribution in [0.1, 0.15) is 25.3 Å². The normalized spacial score (nSPS) is 10.2. The Labute approximate surface area is 99.7 Å². The molecule has 0 bridgehead atoms. The van der Waals surface area contributed by atoms with Crippen molar-refractivity contribution in [3.8, 4) is 5.75 Å². The lowest BCUT2D eigenvalue weighted by Crippen LogP contribution is -2.23. The topological polar surface area (TPSA) is 64.3 Å². The summed E-state index contributed by atoms with van der Waals surface area (Å²) in [6, 6.07) is 5.23. The Bertz CT molecular complexity index is 380. The summed E-state index contributed by atoms with van der Waals surface area (Å²) >= 11 is 1.21. The summed E-state index contributed by atoms with van der Waals surface area (Å²) < 4.78 is 7.65. The van der Waals surface area contributed by atoms with E-state index in [1.54, 1.807) is 7.11 Å². The molecule has 4 nitrogen and oxygen atoms in total. The Morgan fingerprint density at radius 2 is 2.19 bits per heavy atom. The molecule has 0 unspecified atom stereocenters. The molecule has 0 aliphatic heterocycles. The summed E-state index contributed by atoms with van der Waals surface area (Å²) in [6.07, 6.45) is 0. The Morgan fingerprint density at radius 1 is 1.50 bits per heavy atom. The van der Waals surface area contributed by atoms with Crippen molar-refractivity contribution < 1.29 is 9.53 Å². The van der Waals surface area contributed by atoms with Crippen LogP contribution in [0.15, 0.2) is 23.1 Å². The summed E-state index contributed by atoms with van der Waals surface area (Å²) in [5.74, 6) is 1.14. The average Bonchev–Trinajstić information content (AvgIpc) is 2.25. The van der Waals surface area contributed by atoms with Gasteiger partial charge < -0.3 is 10.5 Å². The Hall–Kier alpha value is -1.36. The van der Waals surface area contributed by atoms with E-state index in [4.69, 9.17) is 10.5 Å². The van der Waals surface area contributed by atoms with Crippen molar-refractivity contribution in [2.75, 3.05) is 7.11 Å². The standard InChI is InChI=1S/C11H16N2O2S/c1-7(2)9-5-4-8(15-3)6-10(9)16-13-11(12)14/h4-7H,1-3H3,(H3,12,13,14). The molecule has 0 spiro atoms. The molecule has 0 saturated heterocycles. The number of hydrogen-bond donors (Lipinski definition) is 2. The van der Waals surface area contributed by atoms with Gasteiger partial charge in [0.2, 0.25) is 0 Å². The third-order valence-electron chi connectivity index (χ3n) is 2.10. The molecule has 3 N–H and O–H groups in total. The first-order chi connectivity index (χ1) is 7.54. The number of rotatable bonds is 4. The smallest absolute Gasteiger partial charge is 0.322 e. The molecule has 5 heteroatoms. The zero-order valence-corrected chi connectivity index (χ0v) is 10.4. The molecule has 16 heavy (non-hydrogen) atoms.